The molecule has 4 rings (SSSR count). The van der Waals surface area contributed by atoms with Crippen LogP contribution in [-0.4, -0.2) is 28.6 Å². The molecule has 0 saturated heterocycles. The minimum atomic E-state index is -1.05. The summed E-state index contributed by atoms with van der Waals surface area (Å²) in [6, 6.07) is 26.4. The second-order valence-electron chi connectivity index (χ2n) is 11.0. The Balaban J connectivity index is 1.33. The quantitative estimate of drug-likeness (QED) is 0.138. The lowest BCUT2D eigenvalue weighted by Crippen LogP contribution is -2.34. The zero-order valence-electron chi connectivity index (χ0n) is 25.4. The third kappa shape index (κ3) is 8.77. The second kappa shape index (κ2) is 15.1. The highest BCUT2D eigenvalue weighted by molar-refractivity contribution is 5.94. The van der Waals surface area contributed by atoms with E-state index in [-0.39, 0.29) is 12.3 Å². The van der Waals surface area contributed by atoms with Gasteiger partial charge in [-0.2, -0.15) is 0 Å². The number of ether oxygens (including phenoxy) is 1. The molecule has 0 aliphatic heterocycles. The fourth-order valence-electron chi connectivity index (χ4n) is 5.15. The molecule has 0 aliphatic rings. The molecule has 6 heteroatoms. The van der Waals surface area contributed by atoms with Gasteiger partial charge in [0.25, 0.3) is 0 Å². The van der Waals surface area contributed by atoms with Crippen LogP contribution in [0, 0.1) is 5.41 Å². The molecule has 2 N–H and O–H groups in total. The van der Waals surface area contributed by atoms with Crippen molar-refractivity contribution < 1.29 is 19.4 Å². The summed E-state index contributed by atoms with van der Waals surface area (Å²) in [6.07, 6.45) is 8.81. The zero-order chi connectivity index (χ0) is 30.7. The second-order valence-corrected chi connectivity index (χ2v) is 11.0. The van der Waals surface area contributed by atoms with Crippen LogP contribution in [0.15, 0.2) is 78.9 Å². The highest BCUT2D eigenvalue weighted by atomic mass is 16.5. The van der Waals surface area contributed by atoms with E-state index in [4.69, 9.17) is 9.72 Å². The molecule has 3 aromatic carbocycles. The van der Waals surface area contributed by atoms with E-state index in [9.17, 15) is 14.7 Å². The van der Waals surface area contributed by atoms with Crippen LogP contribution in [0.25, 0.3) is 23.1 Å². The number of aliphatic carboxylic acids is 1. The molecular weight excluding hydrogens is 536 g/mol. The number of aromatic nitrogens is 1. The van der Waals surface area contributed by atoms with E-state index in [1.54, 1.807) is 19.9 Å². The van der Waals surface area contributed by atoms with Crippen molar-refractivity contribution in [2.75, 3.05) is 11.9 Å². The molecular formula is C37H42N2O4. The SMILES string of the molecule is CCc1ccc(CCCCOc2ccc3ccc(C=Cc4cccc(NC(=O)CC(CC)(CC)C(=O)O)c4)nc3c2)cc1. The fraction of sp³-hybridized carbons (Fsp3) is 0.324. The third-order valence-corrected chi connectivity index (χ3v) is 8.17. The molecule has 4 aromatic rings. The molecule has 0 spiro atoms. The first-order chi connectivity index (χ1) is 20.8. The number of carbonyl (C=O) groups is 2. The van der Waals surface area contributed by atoms with Crippen molar-refractivity contribution in [2.45, 2.75) is 65.7 Å². The molecule has 0 bridgehead atoms. The number of nitrogens with one attached hydrogen (secondary N) is 1. The van der Waals surface area contributed by atoms with Gasteiger partial charge in [-0.25, -0.2) is 4.98 Å². The van der Waals surface area contributed by atoms with Crippen molar-refractivity contribution >= 4 is 40.6 Å². The molecule has 0 saturated carbocycles. The van der Waals surface area contributed by atoms with E-state index in [0.29, 0.717) is 25.1 Å². The van der Waals surface area contributed by atoms with E-state index < -0.39 is 11.4 Å². The van der Waals surface area contributed by atoms with Crippen LogP contribution in [0.1, 0.15) is 75.3 Å². The predicted molar refractivity (Wildman–Crippen MR) is 175 cm³/mol. The summed E-state index contributed by atoms with van der Waals surface area (Å²) in [4.78, 5) is 29.2. The Labute approximate surface area is 254 Å². The zero-order valence-corrected chi connectivity index (χ0v) is 25.4. The summed E-state index contributed by atoms with van der Waals surface area (Å²) in [5.41, 5.74) is 4.90. The van der Waals surface area contributed by atoms with E-state index in [0.717, 1.165) is 53.6 Å². The Hall–Kier alpha value is -4.45. The van der Waals surface area contributed by atoms with Crippen LogP contribution >= 0.6 is 0 Å². The molecule has 0 aliphatic carbocycles. The van der Waals surface area contributed by atoms with Crippen LogP contribution in [-0.2, 0) is 22.4 Å². The van der Waals surface area contributed by atoms with Crippen LogP contribution in [0.2, 0.25) is 0 Å². The number of rotatable bonds is 15. The number of nitrogens with zero attached hydrogens (tertiary/aromatic N) is 1. The summed E-state index contributed by atoms with van der Waals surface area (Å²) in [7, 11) is 0. The van der Waals surface area contributed by atoms with Gasteiger partial charge in [0.1, 0.15) is 5.75 Å². The number of unbranched alkanes of at least 4 members (excludes halogenated alkanes) is 1. The normalized spacial score (nSPS) is 11.6. The molecule has 1 amide bonds. The maximum atomic E-state index is 12.7. The Morgan fingerprint density at radius 2 is 1.63 bits per heavy atom. The lowest BCUT2D eigenvalue weighted by molar-refractivity contribution is -0.151. The topological polar surface area (TPSA) is 88.5 Å². The number of amides is 1. The number of fused-ring (bicyclic) bond motifs is 1. The van der Waals surface area contributed by atoms with Gasteiger partial charge in [-0.3, -0.25) is 9.59 Å². The van der Waals surface area contributed by atoms with Crippen molar-refractivity contribution in [3.8, 4) is 5.75 Å². The van der Waals surface area contributed by atoms with Gasteiger partial charge >= 0.3 is 5.97 Å². The molecule has 0 fully saturated rings. The molecule has 1 aromatic heterocycles. The summed E-state index contributed by atoms with van der Waals surface area (Å²) in [6.45, 7) is 6.45. The first-order valence-electron chi connectivity index (χ1n) is 15.3. The van der Waals surface area contributed by atoms with Crippen LogP contribution in [0.5, 0.6) is 5.75 Å². The number of hydrogen-bond donors (Lipinski definition) is 2. The van der Waals surface area contributed by atoms with Gasteiger partial charge < -0.3 is 15.2 Å². The predicted octanol–water partition coefficient (Wildman–Crippen LogP) is 8.59. The molecule has 0 unspecified atom stereocenters. The minimum absolute atomic E-state index is 0.0599. The van der Waals surface area contributed by atoms with Crippen LogP contribution in [0.4, 0.5) is 5.69 Å². The molecule has 0 radical (unpaired) electrons. The molecule has 6 nitrogen and oxygen atoms in total. The number of pyridine rings is 1. The number of anilines is 1. The van der Waals surface area contributed by atoms with E-state index in [2.05, 4.69) is 36.5 Å². The van der Waals surface area contributed by atoms with E-state index in [1.165, 1.54) is 11.1 Å². The highest BCUT2D eigenvalue weighted by Crippen LogP contribution is 2.31. The average molecular weight is 579 g/mol. The fourth-order valence-corrected chi connectivity index (χ4v) is 5.15. The number of carbonyl (C=O) groups excluding carboxylic acids is 1. The van der Waals surface area contributed by atoms with Crippen molar-refractivity contribution in [1.29, 1.82) is 0 Å². The lowest BCUT2D eigenvalue weighted by Gasteiger charge is -2.25. The maximum Gasteiger partial charge on any atom is 0.310 e. The van der Waals surface area contributed by atoms with Crippen molar-refractivity contribution in [2.24, 2.45) is 5.41 Å². The Morgan fingerprint density at radius 1 is 0.884 bits per heavy atom. The summed E-state index contributed by atoms with van der Waals surface area (Å²) >= 11 is 0. The van der Waals surface area contributed by atoms with Gasteiger partial charge in [0.2, 0.25) is 5.91 Å². The van der Waals surface area contributed by atoms with Crippen molar-refractivity contribution in [3.05, 3.63) is 101 Å². The number of hydrogen-bond acceptors (Lipinski definition) is 4. The summed E-state index contributed by atoms with van der Waals surface area (Å²) in [5.74, 6) is -0.423. The molecule has 43 heavy (non-hydrogen) atoms. The largest absolute Gasteiger partial charge is 0.494 e. The number of carboxylic acid groups (broad SMARTS) is 1. The van der Waals surface area contributed by atoms with E-state index >= 15 is 0 Å². The molecule has 224 valence electrons. The van der Waals surface area contributed by atoms with Crippen LogP contribution < -0.4 is 10.1 Å². The number of benzene rings is 3. The first-order valence-corrected chi connectivity index (χ1v) is 15.3. The maximum absolute atomic E-state index is 12.7. The lowest BCUT2D eigenvalue weighted by atomic mass is 9.79. The van der Waals surface area contributed by atoms with Crippen LogP contribution in [0.3, 0.4) is 0 Å². The van der Waals surface area contributed by atoms with Gasteiger partial charge in [0.05, 0.1) is 23.2 Å². The van der Waals surface area contributed by atoms with E-state index in [1.807, 2.05) is 60.7 Å². The third-order valence-electron chi connectivity index (χ3n) is 8.17. The van der Waals surface area contributed by atoms with Crippen molar-refractivity contribution in [3.63, 3.8) is 0 Å². The molecule has 0 atom stereocenters. The first kappa shape index (κ1) is 31.5. The minimum Gasteiger partial charge on any atom is -0.494 e. The van der Waals surface area contributed by atoms with Gasteiger partial charge in [0, 0.05) is 23.6 Å². The standard InChI is InChI=1S/C37H42N2O4/c1-4-27-13-15-28(16-14-27)10-7-8-23-43-33-22-19-30-18-21-31(38-34(30)25-33)20-17-29-11-9-12-32(24-29)39-35(40)26-37(5-2,6-3)36(41)42/h9,11-22,24-25H,4-8,10,23,26H2,1-3H3,(H,39,40)(H,41,42). The summed E-state index contributed by atoms with van der Waals surface area (Å²) in [5, 5.41) is 13.6. The van der Waals surface area contributed by atoms with Gasteiger partial charge in [0.15, 0.2) is 0 Å². The Morgan fingerprint density at radius 3 is 2.35 bits per heavy atom. The monoisotopic (exact) mass is 578 g/mol. The Kier molecular flexibility index (Phi) is 11.1. The smallest absolute Gasteiger partial charge is 0.310 e. The highest BCUT2D eigenvalue weighted by Gasteiger charge is 2.37. The van der Waals surface area contributed by atoms with Gasteiger partial charge in [-0.15, -0.1) is 0 Å². The summed E-state index contributed by atoms with van der Waals surface area (Å²) < 4.78 is 6.04. The van der Waals surface area contributed by atoms with Crippen molar-refractivity contribution in [1.82, 2.24) is 4.98 Å². The van der Waals surface area contributed by atoms with Gasteiger partial charge in [-0.1, -0.05) is 69.3 Å². The number of aryl methyl sites for hydroxylation is 2. The molecule has 1 heterocycles. The average Bonchev–Trinajstić information content (AvgIpc) is 3.02. The number of carboxylic acids is 1. The van der Waals surface area contributed by atoms with Gasteiger partial charge in [-0.05, 0) is 91.6 Å². The Bertz CT molecular complexity index is 1550.